The number of rotatable bonds is 5. The minimum Gasteiger partial charge on any atom is -0.349 e. The molecule has 0 radical (unpaired) electrons. The lowest BCUT2D eigenvalue weighted by atomic mass is 9.84. The minimum absolute atomic E-state index is 0.0580. The van der Waals surface area contributed by atoms with E-state index >= 15 is 0 Å². The van der Waals surface area contributed by atoms with Gasteiger partial charge in [0.2, 0.25) is 0 Å². The van der Waals surface area contributed by atoms with Gasteiger partial charge in [0.25, 0.3) is 5.91 Å². The highest BCUT2D eigenvalue weighted by atomic mass is 35.5. The second-order valence-corrected chi connectivity index (χ2v) is 9.22. The Morgan fingerprint density at radius 2 is 1.87 bits per heavy atom. The van der Waals surface area contributed by atoms with E-state index in [9.17, 15) is 4.79 Å². The summed E-state index contributed by atoms with van der Waals surface area (Å²) in [6.45, 7) is 2.16. The molecule has 1 heterocycles. The van der Waals surface area contributed by atoms with Crippen LogP contribution in [0.2, 0.25) is 5.02 Å². The van der Waals surface area contributed by atoms with Gasteiger partial charge in [-0.25, -0.2) is 4.68 Å². The molecule has 1 N–H and O–H groups in total. The number of hydrogen-bond acceptors (Lipinski definition) is 2. The fourth-order valence-electron chi connectivity index (χ4n) is 5.37. The van der Waals surface area contributed by atoms with Crippen molar-refractivity contribution in [1.82, 2.24) is 15.1 Å². The van der Waals surface area contributed by atoms with Crippen LogP contribution in [0, 0.1) is 17.8 Å². The third-order valence-corrected chi connectivity index (χ3v) is 7.14. The predicted octanol–water partition coefficient (Wildman–Crippen LogP) is 5.75. The molecule has 2 aliphatic carbocycles. The van der Waals surface area contributed by atoms with E-state index in [1.807, 2.05) is 60.8 Å². The Morgan fingerprint density at radius 1 is 1.10 bits per heavy atom. The summed E-state index contributed by atoms with van der Waals surface area (Å²) in [5, 5.41) is 8.71. The molecule has 5 rings (SSSR count). The number of carbonyl (C=O) groups is 1. The standard InChI is InChI=1S/C25H26ClN3O/c1-16(22-14-17-7-8-19(22)13-17)27-25(30)23-15-29(21-5-3-2-4-6-21)28-24(23)18-9-11-20(26)12-10-18/h2-6,9-12,15-17,19,22H,7-8,13-14H2,1H3,(H,27,30)/t16-,17-,19-,22-/m0/s1. The summed E-state index contributed by atoms with van der Waals surface area (Å²) in [5.74, 6) is 2.17. The van der Waals surface area contributed by atoms with Crippen molar-refractivity contribution in [2.45, 2.75) is 38.6 Å². The van der Waals surface area contributed by atoms with Gasteiger partial charge < -0.3 is 5.32 Å². The lowest BCUT2D eigenvalue weighted by molar-refractivity contribution is 0.0916. The van der Waals surface area contributed by atoms with Crippen molar-refractivity contribution in [1.29, 1.82) is 0 Å². The Kier molecular flexibility index (Phi) is 5.11. The largest absolute Gasteiger partial charge is 0.349 e. The van der Waals surface area contributed by atoms with Gasteiger partial charge in [0, 0.05) is 22.8 Å². The van der Waals surface area contributed by atoms with Gasteiger partial charge in [-0.05, 0) is 68.2 Å². The normalized spacial score (nSPS) is 23.5. The molecule has 2 saturated carbocycles. The maximum Gasteiger partial charge on any atom is 0.255 e. The van der Waals surface area contributed by atoms with Crippen LogP contribution in [-0.4, -0.2) is 21.7 Å². The number of nitrogens with zero attached hydrogens (tertiary/aromatic N) is 2. The van der Waals surface area contributed by atoms with Gasteiger partial charge in [0.05, 0.1) is 11.3 Å². The molecule has 0 unspecified atom stereocenters. The molecule has 2 aliphatic rings. The Morgan fingerprint density at radius 3 is 2.53 bits per heavy atom. The van der Waals surface area contributed by atoms with Crippen molar-refractivity contribution in [3.63, 3.8) is 0 Å². The minimum atomic E-state index is -0.0580. The van der Waals surface area contributed by atoms with E-state index in [0.717, 1.165) is 23.1 Å². The van der Waals surface area contributed by atoms with E-state index in [4.69, 9.17) is 16.7 Å². The van der Waals surface area contributed by atoms with Gasteiger partial charge in [0.1, 0.15) is 5.69 Å². The highest BCUT2D eigenvalue weighted by Gasteiger charge is 2.42. The van der Waals surface area contributed by atoms with E-state index in [1.165, 1.54) is 25.7 Å². The van der Waals surface area contributed by atoms with E-state index < -0.39 is 0 Å². The Bertz CT molecular complexity index is 1040. The summed E-state index contributed by atoms with van der Waals surface area (Å²) in [4.78, 5) is 13.3. The van der Waals surface area contributed by atoms with Gasteiger partial charge in [-0.2, -0.15) is 5.10 Å². The quantitative estimate of drug-likeness (QED) is 0.572. The summed E-state index contributed by atoms with van der Waals surface area (Å²) in [7, 11) is 0. The first kappa shape index (κ1) is 19.4. The van der Waals surface area contributed by atoms with Gasteiger partial charge in [-0.3, -0.25) is 4.79 Å². The molecule has 5 heteroatoms. The molecule has 2 aromatic carbocycles. The van der Waals surface area contributed by atoms with Crippen LogP contribution in [0.3, 0.4) is 0 Å². The number of aromatic nitrogens is 2. The Labute approximate surface area is 182 Å². The molecular formula is C25H26ClN3O. The van der Waals surface area contributed by atoms with Crippen LogP contribution >= 0.6 is 11.6 Å². The van der Waals surface area contributed by atoms with Crippen LogP contribution in [0.5, 0.6) is 0 Å². The molecule has 3 aromatic rings. The molecule has 0 spiro atoms. The Hall–Kier alpha value is -2.59. The topological polar surface area (TPSA) is 46.9 Å². The number of halogens is 1. The van der Waals surface area contributed by atoms with Crippen LogP contribution in [0.25, 0.3) is 16.9 Å². The highest BCUT2D eigenvalue weighted by Crippen LogP contribution is 2.49. The third-order valence-electron chi connectivity index (χ3n) is 6.89. The first-order valence-corrected chi connectivity index (χ1v) is 11.2. The summed E-state index contributed by atoms with van der Waals surface area (Å²) in [6.07, 6.45) is 7.11. The molecule has 1 aromatic heterocycles. The van der Waals surface area contributed by atoms with E-state index in [-0.39, 0.29) is 11.9 Å². The van der Waals surface area contributed by atoms with Gasteiger partial charge in [-0.15, -0.1) is 0 Å². The molecule has 4 nitrogen and oxygen atoms in total. The molecule has 2 fully saturated rings. The summed E-state index contributed by atoms with van der Waals surface area (Å²) in [5.41, 5.74) is 3.07. The van der Waals surface area contributed by atoms with Crippen molar-refractivity contribution >= 4 is 17.5 Å². The molecule has 30 heavy (non-hydrogen) atoms. The maximum atomic E-state index is 13.3. The molecule has 2 bridgehead atoms. The van der Waals surface area contributed by atoms with Crippen LogP contribution in [0.1, 0.15) is 43.0 Å². The fraction of sp³-hybridized carbons (Fsp3) is 0.360. The molecule has 0 saturated heterocycles. The zero-order valence-corrected chi connectivity index (χ0v) is 17.8. The van der Waals surface area contributed by atoms with Crippen LogP contribution in [-0.2, 0) is 0 Å². The van der Waals surface area contributed by atoms with Gasteiger partial charge >= 0.3 is 0 Å². The number of amides is 1. The number of nitrogens with one attached hydrogen (secondary N) is 1. The van der Waals surface area contributed by atoms with Gasteiger partial charge in [-0.1, -0.05) is 48.4 Å². The van der Waals surface area contributed by atoms with E-state index in [2.05, 4.69) is 12.2 Å². The lowest BCUT2D eigenvalue weighted by Gasteiger charge is -2.28. The van der Waals surface area contributed by atoms with Crippen LogP contribution in [0.4, 0.5) is 0 Å². The van der Waals surface area contributed by atoms with Crippen molar-refractivity contribution in [2.75, 3.05) is 0 Å². The Balaban J connectivity index is 1.45. The first-order valence-electron chi connectivity index (χ1n) is 10.8. The SMILES string of the molecule is C[C@H](NC(=O)c1cn(-c2ccccc2)nc1-c1ccc(Cl)cc1)[C@@H]1C[C@H]2CC[C@H]1C2. The number of hydrogen-bond donors (Lipinski definition) is 1. The van der Waals surface area contributed by atoms with Crippen LogP contribution < -0.4 is 5.32 Å². The molecule has 1 amide bonds. The summed E-state index contributed by atoms with van der Waals surface area (Å²) >= 11 is 6.07. The number of para-hydroxylation sites is 1. The van der Waals surface area contributed by atoms with Gasteiger partial charge in [0.15, 0.2) is 0 Å². The predicted molar refractivity (Wildman–Crippen MR) is 120 cm³/mol. The van der Waals surface area contributed by atoms with Crippen molar-refractivity contribution in [3.05, 3.63) is 71.4 Å². The van der Waals surface area contributed by atoms with E-state index in [1.54, 1.807) is 4.68 Å². The zero-order valence-electron chi connectivity index (χ0n) is 17.1. The first-order chi connectivity index (χ1) is 14.6. The lowest BCUT2D eigenvalue weighted by Crippen LogP contribution is -2.40. The average Bonchev–Trinajstić information content (AvgIpc) is 3.50. The smallest absolute Gasteiger partial charge is 0.255 e. The second kappa shape index (κ2) is 7.92. The fourth-order valence-corrected chi connectivity index (χ4v) is 5.50. The highest BCUT2D eigenvalue weighted by molar-refractivity contribution is 6.30. The molecular weight excluding hydrogens is 394 g/mol. The van der Waals surface area contributed by atoms with E-state index in [0.29, 0.717) is 22.2 Å². The number of benzene rings is 2. The summed E-state index contributed by atoms with van der Waals surface area (Å²) in [6, 6.07) is 17.5. The molecule has 0 aliphatic heterocycles. The summed E-state index contributed by atoms with van der Waals surface area (Å²) < 4.78 is 1.78. The molecule has 4 atom stereocenters. The zero-order chi connectivity index (χ0) is 20.7. The maximum absolute atomic E-state index is 13.3. The van der Waals surface area contributed by atoms with Crippen LogP contribution in [0.15, 0.2) is 60.8 Å². The number of carbonyl (C=O) groups excluding carboxylic acids is 1. The average molecular weight is 420 g/mol. The van der Waals surface area contributed by atoms with Crippen molar-refractivity contribution in [2.24, 2.45) is 17.8 Å². The van der Waals surface area contributed by atoms with Crippen molar-refractivity contribution < 1.29 is 4.79 Å². The second-order valence-electron chi connectivity index (χ2n) is 8.78. The number of fused-ring (bicyclic) bond motifs is 2. The monoisotopic (exact) mass is 419 g/mol. The van der Waals surface area contributed by atoms with Crippen molar-refractivity contribution in [3.8, 4) is 16.9 Å². The third kappa shape index (κ3) is 3.65. The molecule has 154 valence electrons.